The summed E-state index contributed by atoms with van der Waals surface area (Å²) in [5.41, 5.74) is 0.374. The summed E-state index contributed by atoms with van der Waals surface area (Å²) in [5.74, 6) is 1.00. The molecule has 0 aromatic carbocycles. The first-order valence-corrected chi connectivity index (χ1v) is 8.29. The van der Waals surface area contributed by atoms with Crippen LogP contribution in [-0.4, -0.2) is 50.8 Å². The van der Waals surface area contributed by atoms with Gasteiger partial charge in [0.05, 0.1) is 6.61 Å². The molecular formula is C16H30N2O. The number of nitrogens with zero attached hydrogens (tertiary/aromatic N) is 1. The Labute approximate surface area is 118 Å². The van der Waals surface area contributed by atoms with Gasteiger partial charge in [0.1, 0.15) is 0 Å². The molecule has 1 saturated carbocycles. The number of ether oxygens (including phenoxy) is 1. The van der Waals surface area contributed by atoms with E-state index in [1.165, 1.54) is 58.0 Å². The molecule has 2 heterocycles. The minimum Gasteiger partial charge on any atom is -0.381 e. The van der Waals surface area contributed by atoms with Crippen molar-refractivity contribution in [1.29, 1.82) is 0 Å². The number of rotatable bonds is 4. The molecular weight excluding hydrogens is 236 g/mol. The monoisotopic (exact) mass is 266 g/mol. The second-order valence-electron chi connectivity index (χ2n) is 7.06. The molecule has 0 radical (unpaired) electrons. The first-order chi connectivity index (χ1) is 9.33. The summed E-state index contributed by atoms with van der Waals surface area (Å²) in [6.45, 7) is 5.63. The fourth-order valence-corrected chi connectivity index (χ4v) is 4.74. The van der Waals surface area contributed by atoms with Gasteiger partial charge in [0.25, 0.3) is 0 Å². The van der Waals surface area contributed by atoms with Crippen molar-refractivity contribution in [2.24, 2.45) is 11.3 Å². The van der Waals surface area contributed by atoms with E-state index in [1.807, 2.05) is 0 Å². The number of nitrogens with one attached hydrogen (secondary N) is 1. The molecule has 3 atom stereocenters. The zero-order valence-electron chi connectivity index (χ0n) is 12.5. The van der Waals surface area contributed by atoms with Crippen molar-refractivity contribution in [2.75, 3.05) is 39.9 Å². The summed E-state index contributed by atoms with van der Waals surface area (Å²) in [5, 5.41) is 3.42. The Morgan fingerprint density at radius 1 is 1.21 bits per heavy atom. The van der Waals surface area contributed by atoms with Crippen molar-refractivity contribution < 1.29 is 4.74 Å². The molecule has 0 aromatic rings. The Hall–Kier alpha value is -0.120. The summed E-state index contributed by atoms with van der Waals surface area (Å²) in [7, 11) is 2.09. The molecule has 1 N–H and O–H groups in total. The van der Waals surface area contributed by atoms with Gasteiger partial charge in [-0.3, -0.25) is 4.90 Å². The smallest absolute Gasteiger partial charge is 0.0546 e. The van der Waals surface area contributed by atoms with Gasteiger partial charge in [0.2, 0.25) is 0 Å². The Balaban J connectivity index is 1.64. The summed E-state index contributed by atoms with van der Waals surface area (Å²) in [6.07, 6.45) is 9.87. The third kappa shape index (κ3) is 2.98. The summed E-state index contributed by atoms with van der Waals surface area (Å²) in [4.78, 5) is 2.82. The first kappa shape index (κ1) is 13.8. The van der Waals surface area contributed by atoms with Crippen LogP contribution in [0.25, 0.3) is 0 Å². The van der Waals surface area contributed by atoms with Crippen molar-refractivity contribution >= 4 is 0 Å². The van der Waals surface area contributed by atoms with Crippen LogP contribution in [-0.2, 0) is 4.74 Å². The van der Waals surface area contributed by atoms with E-state index in [2.05, 4.69) is 17.3 Å². The summed E-state index contributed by atoms with van der Waals surface area (Å²) < 4.78 is 5.82. The van der Waals surface area contributed by atoms with Gasteiger partial charge in [0.15, 0.2) is 0 Å². The van der Waals surface area contributed by atoms with Crippen LogP contribution >= 0.6 is 0 Å². The Morgan fingerprint density at radius 3 is 2.89 bits per heavy atom. The Kier molecular flexibility index (Phi) is 4.45. The van der Waals surface area contributed by atoms with E-state index < -0.39 is 0 Å². The van der Waals surface area contributed by atoms with Gasteiger partial charge in [-0.05, 0) is 51.6 Å². The molecule has 0 aromatic heterocycles. The molecule has 2 saturated heterocycles. The third-order valence-electron chi connectivity index (χ3n) is 5.62. The van der Waals surface area contributed by atoms with E-state index in [1.54, 1.807) is 0 Å². The first-order valence-electron chi connectivity index (χ1n) is 8.29. The van der Waals surface area contributed by atoms with E-state index in [0.29, 0.717) is 5.41 Å². The maximum Gasteiger partial charge on any atom is 0.0546 e. The maximum absolute atomic E-state index is 5.82. The Bertz CT molecular complexity index is 283. The molecule has 2 aliphatic heterocycles. The second kappa shape index (κ2) is 6.11. The number of hydrogen-bond acceptors (Lipinski definition) is 3. The van der Waals surface area contributed by atoms with Gasteiger partial charge < -0.3 is 10.1 Å². The number of likely N-dealkylation sites (tertiary alicyclic amines) is 1. The van der Waals surface area contributed by atoms with Gasteiger partial charge in [0, 0.05) is 31.2 Å². The molecule has 1 aliphatic carbocycles. The van der Waals surface area contributed by atoms with Crippen molar-refractivity contribution in [1.82, 2.24) is 10.2 Å². The molecule has 3 aliphatic rings. The average molecular weight is 266 g/mol. The predicted octanol–water partition coefficient (Wildman–Crippen LogP) is 2.27. The lowest BCUT2D eigenvalue weighted by atomic mass is 9.80. The van der Waals surface area contributed by atoms with Crippen LogP contribution in [0.5, 0.6) is 0 Å². The van der Waals surface area contributed by atoms with Gasteiger partial charge >= 0.3 is 0 Å². The molecule has 3 nitrogen and oxygen atoms in total. The highest BCUT2D eigenvalue weighted by Gasteiger charge is 2.41. The molecule has 0 bridgehead atoms. The molecule has 3 rings (SSSR count). The zero-order valence-corrected chi connectivity index (χ0v) is 12.5. The van der Waals surface area contributed by atoms with E-state index in [9.17, 15) is 0 Å². The van der Waals surface area contributed by atoms with Crippen molar-refractivity contribution in [3.63, 3.8) is 0 Å². The lowest BCUT2D eigenvalue weighted by molar-refractivity contribution is -0.0301. The maximum atomic E-state index is 5.82. The predicted molar refractivity (Wildman–Crippen MR) is 78.3 cm³/mol. The highest BCUT2D eigenvalue weighted by molar-refractivity contribution is 4.95. The van der Waals surface area contributed by atoms with E-state index in [4.69, 9.17) is 4.74 Å². The van der Waals surface area contributed by atoms with Gasteiger partial charge in [-0.15, -0.1) is 0 Å². The second-order valence-corrected chi connectivity index (χ2v) is 7.06. The summed E-state index contributed by atoms with van der Waals surface area (Å²) in [6, 6.07) is 0.893. The highest BCUT2D eigenvalue weighted by Crippen LogP contribution is 2.39. The molecule has 19 heavy (non-hydrogen) atoms. The Morgan fingerprint density at radius 2 is 2.11 bits per heavy atom. The fraction of sp³-hybridized carbons (Fsp3) is 1.00. The summed E-state index contributed by atoms with van der Waals surface area (Å²) >= 11 is 0. The molecule has 0 spiro atoms. The normalized spacial score (nSPS) is 40.3. The molecule has 0 amide bonds. The van der Waals surface area contributed by atoms with Crippen molar-refractivity contribution in [2.45, 2.75) is 51.0 Å². The van der Waals surface area contributed by atoms with E-state index in [-0.39, 0.29) is 0 Å². The topological polar surface area (TPSA) is 24.5 Å². The molecule has 3 heteroatoms. The highest BCUT2D eigenvalue weighted by atomic mass is 16.5. The van der Waals surface area contributed by atoms with Gasteiger partial charge in [-0.25, -0.2) is 0 Å². The van der Waals surface area contributed by atoms with Crippen LogP contribution in [0.3, 0.4) is 0 Å². The van der Waals surface area contributed by atoms with Crippen molar-refractivity contribution in [3.05, 3.63) is 0 Å². The number of hydrogen-bond donors (Lipinski definition) is 1. The van der Waals surface area contributed by atoms with Crippen LogP contribution in [0, 0.1) is 11.3 Å². The minimum atomic E-state index is 0.374. The van der Waals surface area contributed by atoms with Crippen LogP contribution in [0.4, 0.5) is 0 Å². The van der Waals surface area contributed by atoms with Crippen LogP contribution in [0.2, 0.25) is 0 Å². The average Bonchev–Trinajstić information content (AvgIpc) is 2.83. The zero-order chi connectivity index (χ0) is 13.1. The number of fused-ring (bicyclic) bond motifs is 1. The van der Waals surface area contributed by atoms with E-state index >= 15 is 0 Å². The van der Waals surface area contributed by atoms with Gasteiger partial charge in [-0.2, -0.15) is 0 Å². The lowest BCUT2D eigenvalue weighted by Crippen LogP contribution is -2.50. The van der Waals surface area contributed by atoms with Crippen LogP contribution < -0.4 is 5.32 Å². The van der Waals surface area contributed by atoms with Gasteiger partial charge in [-0.1, -0.05) is 12.8 Å². The quantitative estimate of drug-likeness (QED) is 0.845. The molecule has 3 fully saturated rings. The van der Waals surface area contributed by atoms with E-state index in [0.717, 1.165) is 31.7 Å². The van der Waals surface area contributed by atoms with Crippen LogP contribution in [0.15, 0.2) is 0 Å². The largest absolute Gasteiger partial charge is 0.381 e. The molecule has 110 valence electrons. The molecule has 3 unspecified atom stereocenters. The standard InChI is InChI=1S/C16H30N2O/c1-17-11-16(8-4-10-19-13-16)12-18-9-7-14-5-2-3-6-15(14)18/h14-15,17H,2-13H2,1H3. The van der Waals surface area contributed by atoms with Crippen molar-refractivity contribution in [3.8, 4) is 0 Å². The minimum absolute atomic E-state index is 0.374. The third-order valence-corrected chi connectivity index (χ3v) is 5.62. The van der Waals surface area contributed by atoms with Crippen LogP contribution in [0.1, 0.15) is 44.9 Å². The SMILES string of the molecule is CNCC1(CN2CCC3CCCCC32)CCCOC1. The fourth-order valence-electron chi connectivity index (χ4n) is 4.74. The lowest BCUT2D eigenvalue weighted by Gasteiger charge is -2.42.